The zero-order valence-electron chi connectivity index (χ0n) is 15.8. The van der Waals surface area contributed by atoms with E-state index in [2.05, 4.69) is 45.2 Å². The molecule has 0 bridgehead atoms. The summed E-state index contributed by atoms with van der Waals surface area (Å²) in [6, 6.07) is 0.262. The van der Waals surface area contributed by atoms with Crippen LogP contribution in [0, 0.1) is 5.92 Å². The van der Waals surface area contributed by atoms with Gasteiger partial charge in [0, 0.05) is 37.1 Å². The van der Waals surface area contributed by atoms with Crippen LogP contribution in [0.25, 0.3) is 22.4 Å². The van der Waals surface area contributed by atoms with Crippen LogP contribution in [0.3, 0.4) is 0 Å². The summed E-state index contributed by atoms with van der Waals surface area (Å²) in [4.78, 5) is 24.6. The fourth-order valence-electron chi connectivity index (χ4n) is 3.09. The average Bonchev–Trinajstić information content (AvgIpc) is 3.12. The summed E-state index contributed by atoms with van der Waals surface area (Å²) in [7, 11) is 0. The van der Waals surface area contributed by atoms with Gasteiger partial charge < -0.3 is 19.9 Å². The molecular formula is C18H24N8O. The Morgan fingerprint density at radius 2 is 1.74 bits per heavy atom. The number of nitrogens with zero attached hydrogens (tertiary/aromatic N) is 7. The molecule has 2 N–H and O–H groups in total. The van der Waals surface area contributed by atoms with Crippen LogP contribution in [-0.4, -0.2) is 55.8 Å². The van der Waals surface area contributed by atoms with Crippen molar-refractivity contribution in [3.05, 3.63) is 18.7 Å². The Morgan fingerprint density at radius 1 is 1.04 bits per heavy atom. The van der Waals surface area contributed by atoms with Crippen LogP contribution in [0.5, 0.6) is 0 Å². The molecule has 1 saturated heterocycles. The number of nitrogens with two attached hydrogens (primary N) is 1. The Hall–Kier alpha value is -2.81. The smallest absolute Gasteiger partial charge is 0.228 e. The summed E-state index contributed by atoms with van der Waals surface area (Å²) < 4.78 is 7.58. The van der Waals surface area contributed by atoms with Crippen molar-refractivity contribution in [1.82, 2.24) is 29.5 Å². The maximum Gasteiger partial charge on any atom is 0.228 e. The molecule has 9 nitrogen and oxygen atoms in total. The number of rotatable bonds is 4. The van der Waals surface area contributed by atoms with E-state index in [1.165, 1.54) is 0 Å². The van der Waals surface area contributed by atoms with Crippen molar-refractivity contribution in [2.24, 2.45) is 5.92 Å². The van der Waals surface area contributed by atoms with Crippen LogP contribution >= 0.6 is 0 Å². The van der Waals surface area contributed by atoms with Gasteiger partial charge in [-0.1, -0.05) is 13.8 Å². The van der Waals surface area contributed by atoms with Gasteiger partial charge in [0.25, 0.3) is 0 Å². The molecule has 142 valence electrons. The molecule has 3 aromatic heterocycles. The molecular weight excluding hydrogens is 344 g/mol. The van der Waals surface area contributed by atoms with E-state index in [0.717, 1.165) is 35.5 Å². The van der Waals surface area contributed by atoms with Gasteiger partial charge in [0.2, 0.25) is 11.9 Å². The molecule has 1 aliphatic rings. The van der Waals surface area contributed by atoms with Gasteiger partial charge >= 0.3 is 0 Å². The van der Waals surface area contributed by atoms with Crippen LogP contribution in [0.4, 0.5) is 11.9 Å². The van der Waals surface area contributed by atoms with Gasteiger partial charge in [-0.25, -0.2) is 19.9 Å². The van der Waals surface area contributed by atoms with Gasteiger partial charge in [-0.05, 0) is 12.8 Å². The SMILES string of the molecule is CC(C)C(C)n1cnc2c(-c3cnc(N)nc3)nc(N3CCOCC3)nc21. The van der Waals surface area contributed by atoms with Crippen molar-refractivity contribution >= 4 is 23.1 Å². The number of hydrogen-bond acceptors (Lipinski definition) is 8. The topological polar surface area (TPSA) is 108 Å². The summed E-state index contributed by atoms with van der Waals surface area (Å²) in [5.41, 5.74) is 8.70. The molecule has 1 aliphatic heterocycles. The summed E-state index contributed by atoms with van der Waals surface area (Å²) in [6.45, 7) is 9.42. The van der Waals surface area contributed by atoms with E-state index in [4.69, 9.17) is 20.4 Å². The highest BCUT2D eigenvalue weighted by Gasteiger charge is 2.22. The first kappa shape index (κ1) is 17.6. The van der Waals surface area contributed by atoms with Gasteiger partial charge in [0.05, 0.1) is 19.5 Å². The molecule has 27 heavy (non-hydrogen) atoms. The molecule has 1 atom stereocenters. The molecule has 0 aliphatic carbocycles. The Bertz CT molecular complexity index is 930. The number of anilines is 2. The van der Waals surface area contributed by atoms with E-state index in [0.29, 0.717) is 25.1 Å². The van der Waals surface area contributed by atoms with E-state index in [1.54, 1.807) is 12.4 Å². The highest BCUT2D eigenvalue weighted by atomic mass is 16.5. The minimum absolute atomic E-state index is 0.233. The Kier molecular flexibility index (Phi) is 4.61. The third-order valence-electron chi connectivity index (χ3n) is 5.05. The molecule has 0 spiro atoms. The predicted molar refractivity (Wildman–Crippen MR) is 103 cm³/mol. The number of aromatic nitrogens is 6. The first-order valence-corrected chi connectivity index (χ1v) is 9.19. The Morgan fingerprint density at radius 3 is 2.41 bits per heavy atom. The zero-order chi connectivity index (χ0) is 19.0. The standard InChI is InChI=1S/C18H24N8O/c1-11(2)12(3)26-10-22-15-14(13-8-20-17(19)21-9-13)23-18(24-16(15)26)25-4-6-27-7-5-25/h8-12H,4-7H2,1-3H3,(H2,19,20,21). The van der Waals surface area contributed by atoms with Gasteiger partial charge in [-0.2, -0.15) is 4.98 Å². The monoisotopic (exact) mass is 368 g/mol. The van der Waals surface area contributed by atoms with Gasteiger partial charge in [-0.3, -0.25) is 0 Å². The van der Waals surface area contributed by atoms with Crippen LogP contribution in [0.2, 0.25) is 0 Å². The molecule has 0 saturated carbocycles. The number of fused-ring (bicyclic) bond motifs is 1. The third-order valence-corrected chi connectivity index (χ3v) is 5.05. The van der Waals surface area contributed by atoms with E-state index < -0.39 is 0 Å². The lowest BCUT2D eigenvalue weighted by Crippen LogP contribution is -2.37. The lowest BCUT2D eigenvalue weighted by molar-refractivity contribution is 0.122. The number of morpholine rings is 1. The first-order valence-electron chi connectivity index (χ1n) is 9.19. The number of nitrogen functional groups attached to an aromatic ring is 1. The molecule has 4 heterocycles. The van der Waals surface area contributed by atoms with Gasteiger partial charge in [0.15, 0.2) is 5.65 Å². The molecule has 0 amide bonds. The zero-order valence-corrected chi connectivity index (χ0v) is 15.8. The summed E-state index contributed by atoms with van der Waals surface area (Å²) in [5.74, 6) is 1.36. The molecule has 3 aromatic rings. The molecule has 0 aromatic carbocycles. The summed E-state index contributed by atoms with van der Waals surface area (Å²) in [5, 5.41) is 0. The summed E-state index contributed by atoms with van der Waals surface area (Å²) in [6.07, 6.45) is 5.20. The molecule has 9 heteroatoms. The predicted octanol–water partition coefficient (Wildman–Crippen LogP) is 1.92. The van der Waals surface area contributed by atoms with Crippen molar-refractivity contribution in [1.29, 1.82) is 0 Å². The highest BCUT2D eigenvalue weighted by Crippen LogP contribution is 2.30. The van der Waals surface area contributed by atoms with E-state index in [9.17, 15) is 0 Å². The second-order valence-electron chi connectivity index (χ2n) is 7.11. The molecule has 1 fully saturated rings. The van der Waals surface area contributed by atoms with Crippen molar-refractivity contribution in [3.63, 3.8) is 0 Å². The van der Waals surface area contributed by atoms with Crippen molar-refractivity contribution < 1.29 is 4.74 Å². The fraction of sp³-hybridized carbons (Fsp3) is 0.500. The van der Waals surface area contributed by atoms with Crippen LogP contribution in [-0.2, 0) is 4.74 Å². The highest BCUT2D eigenvalue weighted by molar-refractivity contribution is 5.88. The normalized spacial score (nSPS) is 16.2. The Labute approximate surface area is 157 Å². The lowest BCUT2D eigenvalue weighted by Gasteiger charge is -2.27. The fourth-order valence-corrected chi connectivity index (χ4v) is 3.09. The van der Waals surface area contributed by atoms with E-state index in [1.807, 2.05) is 6.33 Å². The molecule has 1 unspecified atom stereocenters. The molecule has 0 radical (unpaired) electrons. The van der Waals surface area contributed by atoms with Crippen LogP contribution < -0.4 is 10.6 Å². The van der Waals surface area contributed by atoms with E-state index >= 15 is 0 Å². The Balaban J connectivity index is 1.90. The minimum Gasteiger partial charge on any atom is -0.378 e. The average molecular weight is 368 g/mol. The number of imidazole rings is 1. The minimum atomic E-state index is 0.233. The maximum atomic E-state index is 5.64. The van der Waals surface area contributed by atoms with Crippen LogP contribution in [0.1, 0.15) is 26.8 Å². The first-order chi connectivity index (χ1) is 13.0. The summed E-state index contributed by atoms with van der Waals surface area (Å²) >= 11 is 0. The van der Waals surface area contributed by atoms with E-state index in [-0.39, 0.29) is 12.0 Å². The van der Waals surface area contributed by atoms with Crippen molar-refractivity contribution in [2.45, 2.75) is 26.8 Å². The van der Waals surface area contributed by atoms with Crippen LogP contribution in [0.15, 0.2) is 18.7 Å². The third kappa shape index (κ3) is 3.30. The largest absolute Gasteiger partial charge is 0.378 e. The van der Waals surface area contributed by atoms with Crippen molar-refractivity contribution in [3.8, 4) is 11.3 Å². The number of ether oxygens (including phenoxy) is 1. The maximum absolute atomic E-state index is 5.64. The lowest BCUT2D eigenvalue weighted by atomic mass is 10.1. The second-order valence-corrected chi connectivity index (χ2v) is 7.11. The number of hydrogen-bond donors (Lipinski definition) is 1. The quantitative estimate of drug-likeness (QED) is 0.744. The molecule has 4 rings (SSSR count). The second kappa shape index (κ2) is 7.07. The van der Waals surface area contributed by atoms with Gasteiger partial charge in [-0.15, -0.1) is 0 Å². The van der Waals surface area contributed by atoms with Gasteiger partial charge in [0.1, 0.15) is 11.2 Å². The van der Waals surface area contributed by atoms with Crippen molar-refractivity contribution in [2.75, 3.05) is 36.9 Å².